The summed E-state index contributed by atoms with van der Waals surface area (Å²) in [4.78, 5) is 42.9. The predicted molar refractivity (Wildman–Crippen MR) is 136 cm³/mol. The summed E-state index contributed by atoms with van der Waals surface area (Å²) in [6.45, 7) is 6.37. The second-order valence-electron chi connectivity index (χ2n) is 11.0. The zero-order valence-electron chi connectivity index (χ0n) is 21.5. The van der Waals surface area contributed by atoms with Crippen LogP contribution in [0.3, 0.4) is 0 Å². The van der Waals surface area contributed by atoms with Gasteiger partial charge in [0.1, 0.15) is 11.6 Å². The van der Waals surface area contributed by atoms with Crippen molar-refractivity contribution in [1.82, 2.24) is 15.1 Å². The number of nitrogens with one attached hydrogen (secondary N) is 1. The van der Waals surface area contributed by atoms with E-state index in [0.717, 1.165) is 30.5 Å². The zero-order valence-corrected chi connectivity index (χ0v) is 21.5. The van der Waals surface area contributed by atoms with Crippen LogP contribution in [-0.2, 0) is 10.2 Å². The van der Waals surface area contributed by atoms with Crippen LogP contribution in [0.4, 0.5) is 8.78 Å². The maximum atomic E-state index is 13.8. The number of amides is 3. The first-order valence-electron chi connectivity index (χ1n) is 12.7. The van der Waals surface area contributed by atoms with Crippen LogP contribution in [0.2, 0.25) is 0 Å². The second-order valence-corrected chi connectivity index (χ2v) is 11.0. The van der Waals surface area contributed by atoms with Gasteiger partial charge < -0.3 is 20.9 Å². The second kappa shape index (κ2) is 10.6. The third kappa shape index (κ3) is 5.98. The molecule has 37 heavy (non-hydrogen) atoms. The molecule has 3 amide bonds. The van der Waals surface area contributed by atoms with Crippen LogP contribution in [0.5, 0.6) is 0 Å². The zero-order chi connectivity index (χ0) is 26.9. The van der Waals surface area contributed by atoms with Gasteiger partial charge in [0.25, 0.3) is 17.7 Å². The molecule has 0 spiro atoms. The molecule has 0 aromatic heterocycles. The van der Waals surface area contributed by atoms with E-state index in [0.29, 0.717) is 24.5 Å². The molecule has 9 heteroatoms. The Hall–Kier alpha value is -3.33. The van der Waals surface area contributed by atoms with Crippen molar-refractivity contribution in [3.63, 3.8) is 0 Å². The van der Waals surface area contributed by atoms with Gasteiger partial charge in [0.15, 0.2) is 6.17 Å². The summed E-state index contributed by atoms with van der Waals surface area (Å²) in [7, 11) is 0. The van der Waals surface area contributed by atoms with Crippen molar-refractivity contribution in [3.8, 4) is 0 Å². The van der Waals surface area contributed by atoms with Gasteiger partial charge in [-0.15, -0.1) is 0 Å². The fraction of sp³-hybridized carbons (Fsp3) is 0.464. The molecule has 1 aliphatic carbocycles. The number of halogens is 2. The Bertz CT molecular complexity index is 1150. The molecule has 1 saturated heterocycles. The molecule has 2 aromatic rings. The van der Waals surface area contributed by atoms with Crippen LogP contribution in [0, 0.1) is 11.6 Å². The average molecular weight is 513 g/mol. The molecule has 0 bridgehead atoms. The standard InChI is InChI=1S/C28H34F2N4O3/c1-28(2,3)19-6-4-17(5-7-19)26(36)33-12-13-34(27(37)18-14-20(29)16-21(30)15-18)25(33)24(35)32-23-10-8-22(31)9-11-23/h4-7,14-16,22-23,25H,8-13,31H2,1-3H3,(H,32,35). The number of nitrogens with two attached hydrogens (primary N) is 1. The highest BCUT2D eigenvalue weighted by Gasteiger charge is 2.44. The summed E-state index contributed by atoms with van der Waals surface area (Å²) in [5.74, 6) is -3.40. The molecule has 1 unspecified atom stereocenters. The van der Waals surface area contributed by atoms with Gasteiger partial charge in [-0.05, 0) is 60.9 Å². The van der Waals surface area contributed by atoms with Crippen molar-refractivity contribution in [3.05, 3.63) is 70.8 Å². The molecule has 1 heterocycles. The normalized spacial score (nSPS) is 22.2. The number of rotatable bonds is 4. The molecule has 1 atom stereocenters. The van der Waals surface area contributed by atoms with E-state index in [4.69, 9.17) is 5.73 Å². The first-order valence-corrected chi connectivity index (χ1v) is 12.7. The Kier molecular flexibility index (Phi) is 7.64. The summed E-state index contributed by atoms with van der Waals surface area (Å²) in [6, 6.07) is 9.69. The highest BCUT2D eigenvalue weighted by molar-refractivity contribution is 6.02. The van der Waals surface area contributed by atoms with Crippen LogP contribution >= 0.6 is 0 Å². The minimum absolute atomic E-state index is 0.0520. The molecular formula is C28H34F2N4O3. The lowest BCUT2D eigenvalue weighted by Crippen LogP contribution is -2.56. The Labute approximate surface area is 216 Å². The summed E-state index contributed by atoms with van der Waals surface area (Å²) in [6.07, 6.45) is 1.69. The maximum absolute atomic E-state index is 13.8. The van der Waals surface area contributed by atoms with Crippen molar-refractivity contribution in [2.45, 2.75) is 70.1 Å². The van der Waals surface area contributed by atoms with Crippen LogP contribution in [-0.4, -0.2) is 58.9 Å². The summed E-state index contributed by atoms with van der Waals surface area (Å²) >= 11 is 0. The van der Waals surface area contributed by atoms with Crippen molar-refractivity contribution in [1.29, 1.82) is 0 Å². The Morgan fingerprint density at radius 3 is 1.86 bits per heavy atom. The summed E-state index contributed by atoms with van der Waals surface area (Å²) in [5, 5.41) is 2.98. The number of carbonyl (C=O) groups is 3. The molecule has 2 fully saturated rings. The summed E-state index contributed by atoms with van der Waals surface area (Å²) < 4.78 is 27.7. The van der Waals surface area contributed by atoms with Crippen molar-refractivity contribution in [2.24, 2.45) is 5.73 Å². The van der Waals surface area contributed by atoms with Crippen molar-refractivity contribution in [2.75, 3.05) is 13.1 Å². The van der Waals surface area contributed by atoms with Crippen molar-refractivity contribution >= 4 is 17.7 Å². The minimum atomic E-state index is -1.25. The molecule has 0 radical (unpaired) electrons. The van der Waals surface area contributed by atoms with Gasteiger partial charge in [0.05, 0.1) is 0 Å². The smallest absolute Gasteiger partial charge is 0.264 e. The topological polar surface area (TPSA) is 95.7 Å². The lowest BCUT2D eigenvalue weighted by atomic mass is 9.86. The largest absolute Gasteiger partial charge is 0.350 e. The minimum Gasteiger partial charge on any atom is -0.350 e. The molecule has 1 aliphatic heterocycles. The van der Waals surface area contributed by atoms with Gasteiger partial charge >= 0.3 is 0 Å². The van der Waals surface area contributed by atoms with Crippen LogP contribution in [0.15, 0.2) is 42.5 Å². The highest BCUT2D eigenvalue weighted by atomic mass is 19.1. The van der Waals surface area contributed by atoms with E-state index in [1.165, 1.54) is 9.80 Å². The van der Waals surface area contributed by atoms with Gasteiger partial charge in [0, 0.05) is 42.4 Å². The lowest BCUT2D eigenvalue weighted by Gasteiger charge is -2.33. The summed E-state index contributed by atoms with van der Waals surface area (Å²) in [5.41, 5.74) is 7.12. The lowest BCUT2D eigenvalue weighted by molar-refractivity contribution is -0.129. The molecule has 2 aliphatic rings. The quantitative estimate of drug-likeness (QED) is 0.655. The molecule has 7 nitrogen and oxygen atoms in total. The Balaban J connectivity index is 1.62. The van der Waals surface area contributed by atoms with Crippen LogP contribution in [0.25, 0.3) is 0 Å². The average Bonchev–Trinajstić information content (AvgIpc) is 3.29. The van der Waals surface area contributed by atoms with E-state index < -0.39 is 35.5 Å². The van der Waals surface area contributed by atoms with Gasteiger partial charge in [-0.1, -0.05) is 32.9 Å². The van der Waals surface area contributed by atoms with E-state index in [-0.39, 0.29) is 36.2 Å². The van der Waals surface area contributed by atoms with Gasteiger partial charge in [0.2, 0.25) is 0 Å². The van der Waals surface area contributed by atoms with E-state index >= 15 is 0 Å². The predicted octanol–water partition coefficient (Wildman–Crippen LogP) is 3.57. The number of carbonyl (C=O) groups excluding carboxylic acids is 3. The number of hydrogen-bond donors (Lipinski definition) is 2. The molecule has 2 aromatic carbocycles. The molecule has 1 saturated carbocycles. The highest BCUT2D eigenvalue weighted by Crippen LogP contribution is 2.26. The number of nitrogens with zero attached hydrogens (tertiary/aromatic N) is 2. The molecule has 3 N–H and O–H groups in total. The third-order valence-corrected chi connectivity index (χ3v) is 7.15. The van der Waals surface area contributed by atoms with Gasteiger partial charge in [-0.2, -0.15) is 0 Å². The SMILES string of the molecule is CC(C)(C)c1ccc(C(=O)N2CCN(C(=O)c3cc(F)cc(F)c3)C2C(=O)NC2CCC(N)CC2)cc1. The van der Waals surface area contributed by atoms with E-state index in [1.54, 1.807) is 12.1 Å². The van der Waals surface area contributed by atoms with Crippen LogP contribution < -0.4 is 11.1 Å². The van der Waals surface area contributed by atoms with Crippen LogP contribution in [0.1, 0.15) is 72.7 Å². The first-order chi connectivity index (χ1) is 17.4. The van der Waals surface area contributed by atoms with E-state index in [1.807, 2.05) is 12.1 Å². The number of hydrogen-bond acceptors (Lipinski definition) is 4. The molecular weight excluding hydrogens is 478 g/mol. The number of benzene rings is 2. The maximum Gasteiger partial charge on any atom is 0.264 e. The van der Waals surface area contributed by atoms with E-state index in [9.17, 15) is 23.2 Å². The fourth-order valence-electron chi connectivity index (χ4n) is 5.00. The Morgan fingerprint density at radius 2 is 1.35 bits per heavy atom. The third-order valence-electron chi connectivity index (χ3n) is 7.15. The van der Waals surface area contributed by atoms with Gasteiger partial charge in [-0.25, -0.2) is 8.78 Å². The molecule has 198 valence electrons. The first kappa shape index (κ1) is 26.7. The fourth-order valence-corrected chi connectivity index (χ4v) is 5.00. The van der Waals surface area contributed by atoms with E-state index in [2.05, 4.69) is 26.1 Å². The Morgan fingerprint density at radius 1 is 0.838 bits per heavy atom. The molecule has 4 rings (SSSR count). The van der Waals surface area contributed by atoms with Gasteiger partial charge in [-0.3, -0.25) is 14.4 Å². The van der Waals surface area contributed by atoms with Crippen molar-refractivity contribution < 1.29 is 23.2 Å². The monoisotopic (exact) mass is 512 g/mol.